The summed E-state index contributed by atoms with van der Waals surface area (Å²) in [6.45, 7) is -1.03. The van der Waals surface area contributed by atoms with Crippen molar-refractivity contribution in [3.05, 3.63) is 0 Å². The second-order valence-electron chi connectivity index (χ2n) is 2.69. The molecule has 1 heterocycles. The van der Waals surface area contributed by atoms with Gasteiger partial charge < -0.3 is 25.2 Å². The Morgan fingerprint density at radius 3 is 2.08 bits per heavy atom. The summed E-state index contributed by atoms with van der Waals surface area (Å²) in [5.41, 5.74) is 0. The Kier molecular flexibility index (Phi) is 2.97. The molecular formula is C6H11FO5. The van der Waals surface area contributed by atoms with Crippen LogP contribution in [0.1, 0.15) is 0 Å². The Balaban J connectivity index is 2.63. The standard InChI is InChI=1S/C6H11FO5/c7-1-2-3(8)4(9)5(10)6(11)12-2/h2-6,8-11H,1H2/t2-,3-,4+,5+,6?/m0/s1/i7-1. The molecule has 5 nitrogen and oxygen atoms in total. The lowest BCUT2D eigenvalue weighted by molar-refractivity contribution is -0.283. The highest BCUT2D eigenvalue weighted by Crippen LogP contribution is 2.19. The van der Waals surface area contributed by atoms with Crippen LogP contribution >= 0.6 is 0 Å². The zero-order valence-electron chi connectivity index (χ0n) is 6.17. The van der Waals surface area contributed by atoms with Gasteiger partial charge in [-0.1, -0.05) is 0 Å². The fourth-order valence-corrected chi connectivity index (χ4v) is 1.06. The third kappa shape index (κ3) is 1.57. The highest BCUT2D eigenvalue weighted by atomic mass is 18.2. The first-order valence-electron chi connectivity index (χ1n) is 3.51. The van der Waals surface area contributed by atoms with Gasteiger partial charge in [0.25, 0.3) is 0 Å². The van der Waals surface area contributed by atoms with Gasteiger partial charge >= 0.3 is 0 Å². The SMILES string of the molecule is OC1O[C@@H](C[18F])[C@H](O)[C@@H](O)[C@H]1O. The number of halogens is 1. The maximum atomic E-state index is 12.0. The zero-order chi connectivity index (χ0) is 9.30. The van der Waals surface area contributed by atoms with Gasteiger partial charge in [-0.05, 0) is 0 Å². The molecular weight excluding hydrogens is 170 g/mol. The Morgan fingerprint density at radius 1 is 1.00 bits per heavy atom. The van der Waals surface area contributed by atoms with E-state index in [0.717, 1.165) is 0 Å². The summed E-state index contributed by atoms with van der Waals surface area (Å²) in [5.74, 6) is 0. The van der Waals surface area contributed by atoms with Crippen LogP contribution in [0.4, 0.5) is 4.39 Å². The largest absolute Gasteiger partial charge is 0.387 e. The molecule has 1 aliphatic heterocycles. The molecule has 0 saturated carbocycles. The average molecular weight is 181 g/mol. The van der Waals surface area contributed by atoms with E-state index in [1.165, 1.54) is 0 Å². The van der Waals surface area contributed by atoms with Gasteiger partial charge in [0.1, 0.15) is 31.1 Å². The van der Waals surface area contributed by atoms with E-state index in [4.69, 9.17) is 20.4 Å². The molecule has 1 fully saturated rings. The van der Waals surface area contributed by atoms with Crippen LogP contribution in [0.25, 0.3) is 0 Å². The van der Waals surface area contributed by atoms with Gasteiger partial charge in [0.05, 0.1) is 0 Å². The van der Waals surface area contributed by atoms with Crippen LogP contribution in [0.15, 0.2) is 0 Å². The number of aliphatic hydroxyl groups excluding tert-OH is 4. The summed E-state index contributed by atoms with van der Waals surface area (Å²) < 4.78 is 16.5. The van der Waals surface area contributed by atoms with E-state index < -0.39 is 37.4 Å². The third-order valence-electron chi connectivity index (χ3n) is 1.84. The molecule has 0 bridgehead atoms. The monoisotopic (exact) mass is 181 g/mol. The molecule has 0 aromatic heterocycles. The van der Waals surface area contributed by atoms with Crippen molar-refractivity contribution in [2.45, 2.75) is 30.7 Å². The molecule has 0 aromatic carbocycles. The lowest BCUT2D eigenvalue weighted by Gasteiger charge is -2.37. The van der Waals surface area contributed by atoms with E-state index in [9.17, 15) is 4.39 Å². The summed E-state index contributed by atoms with van der Waals surface area (Å²) in [4.78, 5) is 0. The predicted molar refractivity (Wildman–Crippen MR) is 34.9 cm³/mol. The molecule has 1 aliphatic rings. The molecule has 1 saturated heterocycles. The first-order chi connectivity index (χ1) is 5.57. The second kappa shape index (κ2) is 3.63. The Bertz CT molecular complexity index is 150. The number of rotatable bonds is 1. The third-order valence-corrected chi connectivity index (χ3v) is 1.84. The summed E-state index contributed by atoms with van der Waals surface area (Å²) in [7, 11) is 0. The van der Waals surface area contributed by atoms with Crippen LogP contribution in [-0.4, -0.2) is 57.8 Å². The molecule has 0 spiro atoms. The molecule has 72 valence electrons. The molecule has 0 aliphatic carbocycles. The predicted octanol–water partition coefficient (Wildman–Crippen LogP) is -2.24. The van der Waals surface area contributed by atoms with Gasteiger partial charge in [0.15, 0.2) is 6.29 Å². The molecule has 5 atom stereocenters. The molecule has 4 N–H and O–H groups in total. The second-order valence-corrected chi connectivity index (χ2v) is 2.69. The lowest BCUT2D eigenvalue weighted by atomic mass is 10.00. The molecule has 1 rings (SSSR count). The van der Waals surface area contributed by atoms with Gasteiger partial charge in [-0.25, -0.2) is 4.39 Å². The summed E-state index contributed by atoms with van der Waals surface area (Å²) >= 11 is 0. The number of ether oxygens (including phenoxy) is 1. The van der Waals surface area contributed by atoms with Gasteiger partial charge in [0.2, 0.25) is 0 Å². The maximum absolute atomic E-state index is 12.0. The van der Waals surface area contributed by atoms with Crippen molar-refractivity contribution in [1.82, 2.24) is 0 Å². The van der Waals surface area contributed by atoms with Crippen LogP contribution in [-0.2, 0) is 4.74 Å². The van der Waals surface area contributed by atoms with Crippen LogP contribution in [0.3, 0.4) is 0 Å². The fraction of sp³-hybridized carbons (Fsp3) is 1.00. The summed E-state index contributed by atoms with van der Waals surface area (Å²) in [5, 5.41) is 35.8. The summed E-state index contributed by atoms with van der Waals surface area (Å²) in [6.07, 6.45) is -7.60. The van der Waals surface area contributed by atoms with Crippen molar-refractivity contribution in [3.8, 4) is 0 Å². The van der Waals surface area contributed by atoms with Crippen molar-refractivity contribution < 1.29 is 29.6 Å². The topological polar surface area (TPSA) is 90.2 Å². The van der Waals surface area contributed by atoms with E-state index in [2.05, 4.69) is 4.74 Å². The zero-order valence-corrected chi connectivity index (χ0v) is 6.17. The average Bonchev–Trinajstić information content (AvgIpc) is 2.08. The summed E-state index contributed by atoms with van der Waals surface area (Å²) in [6, 6.07) is 0. The highest BCUT2D eigenvalue weighted by Gasteiger charge is 2.42. The van der Waals surface area contributed by atoms with Gasteiger partial charge in [0, 0.05) is 0 Å². The molecule has 0 aromatic rings. The smallest absolute Gasteiger partial charge is 0.184 e. The van der Waals surface area contributed by atoms with Crippen LogP contribution in [0.5, 0.6) is 0 Å². The Morgan fingerprint density at radius 2 is 1.58 bits per heavy atom. The van der Waals surface area contributed by atoms with Crippen molar-refractivity contribution in [2.24, 2.45) is 0 Å². The molecule has 12 heavy (non-hydrogen) atoms. The Hall–Kier alpha value is -0.270. The van der Waals surface area contributed by atoms with Crippen molar-refractivity contribution in [3.63, 3.8) is 0 Å². The number of hydrogen-bond acceptors (Lipinski definition) is 5. The van der Waals surface area contributed by atoms with E-state index in [0.29, 0.717) is 0 Å². The molecule has 0 radical (unpaired) electrons. The van der Waals surface area contributed by atoms with E-state index in [1.54, 1.807) is 0 Å². The first-order valence-corrected chi connectivity index (χ1v) is 3.51. The Labute approximate surface area is 68.0 Å². The minimum Gasteiger partial charge on any atom is -0.387 e. The first kappa shape index (κ1) is 9.82. The van der Waals surface area contributed by atoms with Crippen LogP contribution < -0.4 is 0 Å². The van der Waals surface area contributed by atoms with E-state index >= 15 is 0 Å². The van der Waals surface area contributed by atoms with E-state index in [-0.39, 0.29) is 0 Å². The highest BCUT2D eigenvalue weighted by molar-refractivity contribution is 4.88. The van der Waals surface area contributed by atoms with E-state index in [1.807, 2.05) is 0 Å². The number of hydrogen-bond donors (Lipinski definition) is 4. The van der Waals surface area contributed by atoms with Crippen LogP contribution in [0, 0.1) is 0 Å². The number of aliphatic hydroxyl groups is 4. The van der Waals surface area contributed by atoms with Gasteiger partial charge in [-0.3, -0.25) is 0 Å². The molecule has 6 heteroatoms. The minimum atomic E-state index is -1.65. The van der Waals surface area contributed by atoms with Gasteiger partial charge in [-0.2, -0.15) is 0 Å². The van der Waals surface area contributed by atoms with Crippen molar-refractivity contribution >= 4 is 0 Å². The number of alkyl halides is 1. The molecule has 0 amide bonds. The maximum Gasteiger partial charge on any atom is 0.184 e. The van der Waals surface area contributed by atoms with Crippen molar-refractivity contribution in [2.75, 3.05) is 6.67 Å². The lowest BCUT2D eigenvalue weighted by Crippen LogP contribution is -2.58. The minimum absolute atomic E-state index is 1.03. The van der Waals surface area contributed by atoms with Gasteiger partial charge in [-0.15, -0.1) is 0 Å². The normalized spacial score (nSPS) is 49.2. The van der Waals surface area contributed by atoms with Crippen LogP contribution in [0.2, 0.25) is 0 Å². The quantitative estimate of drug-likeness (QED) is 0.367. The fourth-order valence-electron chi connectivity index (χ4n) is 1.06. The molecule has 1 unspecified atom stereocenters. The van der Waals surface area contributed by atoms with Crippen molar-refractivity contribution in [1.29, 1.82) is 0 Å².